The third-order valence-electron chi connectivity index (χ3n) is 4.67. The predicted molar refractivity (Wildman–Crippen MR) is 91.2 cm³/mol. The summed E-state index contributed by atoms with van der Waals surface area (Å²) >= 11 is 0. The molecule has 2 aromatic carbocycles. The molecule has 1 aliphatic rings. The van der Waals surface area contributed by atoms with E-state index in [0.717, 1.165) is 22.2 Å². The van der Waals surface area contributed by atoms with Crippen LogP contribution in [0.5, 0.6) is 0 Å². The second kappa shape index (κ2) is 5.23. The van der Waals surface area contributed by atoms with Crippen LogP contribution in [0.15, 0.2) is 54.7 Å². The number of para-hydroxylation sites is 2. The lowest BCUT2D eigenvalue weighted by molar-refractivity contribution is -0.137. The number of anilines is 1. The maximum Gasteiger partial charge on any atom is 0.303 e. The Balaban J connectivity index is 1.90. The number of nitrogens with one attached hydrogen (secondary N) is 2. The lowest BCUT2D eigenvalue weighted by Gasteiger charge is -2.28. The summed E-state index contributed by atoms with van der Waals surface area (Å²) in [5.41, 5.74) is 2.02. The van der Waals surface area contributed by atoms with Gasteiger partial charge in [0.25, 0.3) is 0 Å². The van der Waals surface area contributed by atoms with Crippen LogP contribution in [0.3, 0.4) is 0 Å². The molecule has 0 aliphatic carbocycles. The van der Waals surface area contributed by atoms with E-state index in [1.807, 2.05) is 48.7 Å². The number of aromatic amines is 1. The van der Waals surface area contributed by atoms with Crippen molar-refractivity contribution < 1.29 is 14.7 Å². The number of hydrogen-bond acceptors (Lipinski definition) is 3. The summed E-state index contributed by atoms with van der Waals surface area (Å²) in [6.07, 6.45) is 1.91. The molecule has 0 saturated carbocycles. The summed E-state index contributed by atoms with van der Waals surface area (Å²) in [5.74, 6) is -0.996. The highest BCUT2D eigenvalue weighted by molar-refractivity contribution is 6.15. The average Bonchev–Trinajstić information content (AvgIpc) is 3.14. The van der Waals surface area contributed by atoms with Crippen molar-refractivity contribution in [3.8, 4) is 0 Å². The number of hydrogen-bond donors (Lipinski definition) is 3. The molecule has 0 spiro atoms. The monoisotopic (exact) mass is 320 g/mol. The molecule has 0 radical (unpaired) electrons. The molecule has 1 aromatic heterocycles. The summed E-state index contributed by atoms with van der Waals surface area (Å²) in [6, 6.07) is 15.0. The number of carbonyl (C=O) groups excluding carboxylic acids is 1. The number of rotatable bonds is 4. The van der Waals surface area contributed by atoms with Gasteiger partial charge in [0.15, 0.2) is 5.78 Å². The summed E-state index contributed by atoms with van der Waals surface area (Å²) in [4.78, 5) is 27.6. The summed E-state index contributed by atoms with van der Waals surface area (Å²) < 4.78 is 0. The maximum absolute atomic E-state index is 13.2. The van der Waals surface area contributed by atoms with Gasteiger partial charge in [-0.3, -0.25) is 9.59 Å². The van der Waals surface area contributed by atoms with Crippen molar-refractivity contribution in [1.29, 1.82) is 0 Å². The molecular weight excluding hydrogens is 304 g/mol. The predicted octanol–water partition coefficient (Wildman–Crippen LogP) is 3.54. The first-order chi connectivity index (χ1) is 11.6. The number of fused-ring (bicyclic) bond motifs is 2. The molecule has 3 aromatic rings. The number of carboxylic acids is 1. The van der Waals surface area contributed by atoms with Crippen molar-refractivity contribution in [1.82, 2.24) is 4.98 Å². The zero-order valence-corrected chi connectivity index (χ0v) is 12.9. The van der Waals surface area contributed by atoms with Gasteiger partial charge in [0.1, 0.15) is 5.54 Å². The molecule has 4 rings (SSSR count). The van der Waals surface area contributed by atoms with Crippen LogP contribution in [0.25, 0.3) is 10.9 Å². The van der Waals surface area contributed by atoms with E-state index < -0.39 is 11.5 Å². The number of H-pyrrole nitrogens is 1. The molecule has 5 nitrogen and oxygen atoms in total. The summed E-state index contributed by atoms with van der Waals surface area (Å²) in [5, 5.41) is 13.4. The van der Waals surface area contributed by atoms with Crippen molar-refractivity contribution in [3.63, 3.8) is 0 Å². The molecule has 1 aliphatic heterocycles. The standard InChI is InChI=1S/C19H16N2O3/c22-17(23)9-10-19(14-11-20-15-7-3-1-5-12(14)15)18(24)13-6-2-4-8-16(13)21-19/h1-8,11,20-21H,9-10H2,(H,22,23). The fourth-order valence-corrected chi connectivity index (χ4v) is 3.53. The van der Waals surface area contributed by atoms with Crippen molar-refractivity contribution in [2.45, 2.75) is 18.4 Å². The SMILES string of the molecule is O=C(O)CCC1(c2c[nH]c3ccccc23)Nc2ccccc2C1=O. The van der Waals surface area contributed by atoms with Crippen LogP contribution < -0.4 is 5.32 Å². The van der Waals surface area contributed by atoms with Gasteiger partial charge in [0.05, 0.1) is 0 Å². The van der Waals surface area contributed by atoms with Crippen LogP contribution in [-0.2, 0) is 10.3 Å². The van der Waals surface area contributed by atoms with Gasteiger partial charge in [-0.05, 0) is 24.6 Å². The number of Topliss-reactive ketones (excluding diaryl/α,β-unsaturated/α-hetero) is 1. The van der Waals surface area contributed by atoms with E-state index in [0.29, 0.717) is 5.56 Å². The number of carbonyl (C=O) groups is 2. The van der Waals surface area contributed by atoms with Gasteiger partial charge in [-0.2, -0.15) is 0 Å². The first kappa shape index (κ1) is 14.5. The summed E-state index contributed by atoms with van der Waals surface area (Å²) in [6.45, 7) is 0. The molecule has 5 heteroatoms. The Hall–Kier alpha value is -3.08. The van der Waals surface area contributed by atoms with Gasteiger partial charge in [-0.1, -0.05) is 30.3 Å². The van der Waals surface area contributed by atoms with Gasteiger partial charge in [-0.15, -0.1) is 0 Å². The van der Waals surface area contributed by atoms with Crippen molar-refractivity contribution in [2.24, 2.45) is 0 Å². The zero-order chi connectivity index (χ0) is 16.7. The topological polar surface area (TPSA) is 82.2 Å². The Kier molecular flexibility index (Phi) is 3.16. The molecule has 2 heterocycles. The van der Waals surface area contributed by atoms with Gasteiger partial charge in [0.2, 0.25) is 0 Å². The third kappa shape index (κ3) is 2.01. The van der Waals surface area contributed by atoms with Crippen LogP contribution in [0.4, 0.5) is 5.69 Å². The van der Waals surface area contributed by atoms with Gasteiger partial charge >= 0.3 is 5.97 Å². The third-order valence-corrected chi connectivity index (χ3v) is 4.67. The summed E-state index contributed by atoms with van der Waals surface area (Å²) in [7, 11) is 0. The number of ketones is 1. The largest absolute Gasteiger partial charge is 0.481 e. The Bertz CT molecular complexity index is 960. The highest BCUT2D eigenvalue weighted by Crippen LogP contribution is 2.44. The second-order valence-corrected chi connectivity index (χ2v) is 6.05. The van der Waals surface area contributed by atoms with E-state index in [1.165, 1.54) is 0 Å². The van der Waals surface area contributed by atoms with E-state index in [1.54, 1.807) is 6.07 Å². The van der Waals surface area contributed by atoms with E-state index in [-0.39, 0.29) is 18.6 Å². The number of aromatic nitrogens is 1. The molecule has 0 amide bonds. The molecule has 24 heavy (non-hydrogen) atoms. The Morgan fingerprint density at radius 3 is 2.62 bits per heavy atom. The molecule has 1 atom stereocenters. The maximum atomic E-state index is 13.2. The molecule has 3 N–H and O–H groups in total. The van der Waals surface area contributed by atoms with Crippen molar-refractivity contribution in [2.75, 3.05) is 5.32 Å². The Labute approximate surface area is 138 Å². The van der Waals surface area contributed by atoms with Gasteiger partial charge in [-0.25, -0.2) is 0 Å². The highest BCUT2D eigenvalue weighted by atomic mass is 16.4. The van der Waals surface area contributed by atoms with Crippen molar-refractivity contribution in [3.05, 3.63) is 65.9 Å². The van der Waals surface area contributed by atoms with E-state index in [2.05, 4.69) is 10.3 Å². The second-order valence-electron chi connectivity index (χ2n) is 6.05. The number of carboxylic acid groups (broad SMARTS) is 1. The minimum Gasteiger partial charge on any atom is -0.481 e. The smallest absolute Gasteiger partial charge is 0.303 e. The first-order valence-electron chi connectivity index (χ1n) is 7.82. The minimum absolute atomic E-state index is 0.0795. The lowest BCUT2D eigenvalue weighted by Crippen LogP contribution is -2.39. The van der Waals surface area contributed by atoms with E-state index in [9.17, 15) is 9.59 Å². The average molecular weight is 320 g/mol. The zero-order valence-electron chi connectivity index (χ0n) is 12.9. The van der Waals surface area contributed by atoms with Gasteiger partial charge < -0.3 is 15.4 Å². The fraction of sp³-hybridized carbons (Fsp3) is 0.158. The first-order valence-corrected chi connectivity index (χ1v) is 7.82. The van der Waals surface area contributed by atoms with E-state index >= 15 is 0 Å². The van der Waals surface area contributed by atoms with Crippen LogP contribution in [-0.4, -0.2) is 21.8 Å². The van der Waals surface area contributed by atoms with Crippen LogP contribution in [0.2, 0.25) is 0 Å². The molecule has 0 saturated heterocycles. The normalized spacial score (nSPS) is 19.2. The van der Waals surface area contributed by atoms with Crippen LogP contribution in [0.1, 0.15) is 28.8 Å². The molecule has 0 fully saturated rings. The lowest BCUT2D eigenvalue weighted by atomic mass is 9.81. The molecular formula is C19H16N2O3. The fourth-order valence-electron chi connectivity index (χ4n) is 3.53. The van der Waals surface area contributed by atoms with Gasteiger partial charge in [0, 0.05) is 40.3 Å². The molecule has 0 bridgehead atoms. The highest BCUT2D eigenvalue weighted by Gasteiger charge is 2.47. The molecule has 1 unspecified atom stereocenters. The molecule has 120 valence electrons. The van der Waals surface area contributed by atoms with Crippen LogP contribution in [0, 0.1) is 0 Å². The quantitative estimate of drug-likeness (QED) is 0.687. The number of aliphatic carboxylic acids is 1. The Morgan fingerprint density at radius 1 is 1.08 bits per heavy atom. The van der Waals surface area contributed by atoms with Crippen LogP contribution >= 0.6 is 0 Å². The minimum atomic E-state index is -1.05. The van der Waals surface area contributed by atoms with E-state index in [4.69, 9.17) is 5.11 Å². The van der Waals surface area contributed by atoms with Crippen molar-refractivity contribution >= 4 is 28.3 Å². The number of benzene rings is 2. The Morgan fingerprint density at radius 2 is 1.83 bits per heavy atom.